The number of hydrogen-bond acceptors (Lipinski definition) is 7. The number of carbonyl (C=O) groups excluding carboxylic acids is 2. The van der Waals surface area contributed by atoms with Gasteiger partial charge in [0.05, 0.1) is 14.2 Å². The largest absolute Gasteiger partial charge is 0.468 e. The Morgan fingerprint density at radius 3 is 1.96 bits per heavy atom. The molecule has 0 spiro atoms. The van der Waals surface area contributed by atoms with E-state index in [-0.39, 0.29) is 17.0 Å². The molecule has 0 radical (unpaired) electrons. The van der Waals surface area contributed by atoms with Crippen LogP contribution in [0.1, 0.15) is 11.7 Å². The third-order valence-electron chi connectivity index (χ3n) is 3.64. The minimum atomic E-state index is -1.46. The topological polar surface area (TPSA) is 114 Å². The first kappa shape index (κ1) is 16.5. The fraction of sp³-hybridized carbons (Fsp3) is 0.462. The van der Waals surface area contributed by atoms with Gasteiger partial charge in [-0.05, 0) is 0 Å². The van der Waals surface area contributed by atoms with Crippen LogP contribution in [-0.4, -0.2) is 44.8 Å². The highest BCUT2D eigenvalue weighted by Crippen LogP contribution is 2.21. The lowest BCUT2D eigenvalue weighted by molar-refractivity contribution is -0.154. The molecule has 0 unspecified atom stereocenters. The molecule has 0 aliphatic carbocycles. The van der Waals surface area contributed by atoms with Crippen LogP contribution in [-0.2, 0) is 40.2 Å². The van der Waals surface area contributed by atoms with Crippen molar-refractivity contribution < 1.29 is 19.1 Å². The number of ether oxygens (including phenoxy) is 2. The van der Waals surface area contributed by atoms with Crippen LogP contribution < -0.4 is 11.2 Å². The van der Waals surface area contributed by atoms with Crippen molar-refractivity contribution in [2.45, 2.75) is 5.92 Å². The van der Waals surface area contributed by atoms with Gasteiger partial charge in [-0.15, -0.1) is 0 Å². The van der Waals surface area contributed by atoms with E-state index in [1.54, 1.807) is 0 Å². The average Bonchev–Trinajstić information content (AvgIpc) is 2.88. The molecule has 0 aliphatic rings. The molecule has 2 rings (SSSR count). The number of fused-ring (bicyclic) bond motifs is 1. The van der Waals surface area contributed by atoms with E-state index in [1.165, 1.54) is 25.7 Å². The van der Waals surface area contributed by atoms with Gasteiger partial charge in [0.2, 0.25) is 5.92 Å². The molecule has 0 aliphatic heterocycles. The van der Waals surface area contributed by atoms with E-state index in [0.717, 1.165) is 23.4 Å². The lowest BCUT2D eigenvalue weighted by atomic mass is 10.1. The summed E-state index contributed by atoms with van der Waals surface area (Å²) in [6.07, 6.45) is 0. The molecule has 2 aromatic rings. The summed E-state index contributed by atoms with van der Waals surface area (Å²) in [7, 11) is 6.47. The van der Waals surface area contributed by atoms with Crippen molar-refractivity contribution in [1.29, 1.82) is 0 Å². The van der Waals surface area contributed by atoms with Gasteiger partial charge in [-0.25, -0.2) is 9.78 Å². The Bertz CT molecular complexity index is 903. The maximum atomic E-state index is 12.3. The number of nitrogens with zero attached hydrogens (tertiary/aromatic N) is 4. The zero-order valence-electron chi connectivity index (χ0n) is 13.3. The van der Waals surface area contributed by atoms with Crippen molar-refractivity contribution in [2.24, 2.45) is 21.1 Å². The Morgan fingerprint density at radius 1 is 0.957 bits per heavy atom. The quantitative estimate of drug-likeness (QED) is 0.493. The highest BCUT2D eigenvalue weighted by molar-refractivity contribution is 6.00. The molecular weight excluding hydrogens is 308 g/mol. The molecule has 0 fully saturated rings. The van der Waals surface area contributed by atoms with E-state index in [1.807, 2.05) is 0 Å². The maximum absolute atomic E-state index is 12.3. The summed E-state index contributed by atoms with van der Waals surface area (Å²) in [5.41, 5.74) is -1.01. The fourth-order valence-corrected chi connectivity index (χ4v) is 2.34. The summed E-state index contributed by atoms with van der Waals surface area (Å²) in [5.74, 6) is -3.26. The molecule has 124 valence electrons. The molecule has 10 nitrogen and oxygen atoms in total. The van der Waals surface area contributed by atoms with Gasteiger partial charge < -0.3 is 14.0 Å². The van der Waals surface area contributed by atoms with Crippen molar-refractivity contribution in [3.8, 4) is 0 Å². The number of imidazole rings is 1. The van der Waals surface area contributed by atoms with Crippen LogP contribution in [0.4, 0.5) is 0 Å². The Labute approximate surface area is 129 Å². The Kier molecular flexibility index (Phi) is 4.08. The Hall–Kier alpha value is -2.91. The predicted octanol–water partition coefficient (Wildman–Crippen LogP) is -1.60. The molecular formula is C13H16N4O6. The molecule has 2 aromatic heterocycles. The minimum Gasteiger partial charge on any atom is -0.468 e. The molecule has 10 heteroatoms. The van der Waals surface area contributed by atoms with E-state index in [0.29, 0.717) is 0 Å². The molecule has 23 heavy (non-hydrogen) atoms. The van der Waals surface area contributed by atoms with Gasteiger partial charge in [0.1, 0.15) is 5.82 Å². The van der Waals surface area contributed by atoms with Gasteiger partial charge in [0.25, 0.3) is 5.56 Å². The smallest absolute Gasteiger partial charge is 0.332 e. The van der Waals surface area contributed by atoms with Gasteiger partial charge in [0, 0.05) is 21.1 Å². The lowest BCUT2D eigenvalue weighted by Crippen LogP contribution is -2.37. The zero-order valence-corrected chi connectivity index (χ0v) is 13.3. The molecule has 0 aromatic carbocycles. The number of aryl methyl sites for hydroxylation is 2. The number of rotatable bonds is 3. The lowest BCUT2D eigenvalue weighted by Gasteiger charge is -2.11. The monoisotopic (exact) mass is 324 g/mol. The molecule has 0 N–H and O–H groups in total. The van der Waals surface area contributed by atoms with Gasteiger partial charge in [-0.2, -0.15) is 0 Å². The molecule has 2 heterocycles. The predicted molar refractivity (Wildman–Crippen MR) is 78.0 cm³/mol. The fourth-order valence-electron chi connectivity index (χ4n) is 2.34. The highest BCUT2D eigenvalue weighted by atomic mass is 16.5. The van der Waals surface area contributed by atoms with Crippen molar-refractivity contribution in [3.05, 3.63) is 26.7 Å². The van der Waals surface area contributed by atoms with Crippen molar-refractivity contribution in [2.75, 3.05) is 14.2 Å². The third-order valence-corrected chi connectivity index (χ3v) is 3.64. The van der Waals surface area contributed by atoms with E-state index < -0.39 is 29.1 Å². The summed E-state index contributed by atoms with van der Waals surface area (Å²) >= 11 is 0. The van der Waals surface area contributed by atoms with Crippen LogP contribution >= 0.6 is 0 Å². The van der Waals surface area contributed by atoms with Crippen molar-refractivity contribution >= 4 is 23.1 Å². The zero-order chi connectivity index (χ0) is 17.5. The van der Waals surface area contributed by atoms with Crippen LogP contribution in [0, 0.1) is 0 Å². The molecule has 0 bridgehead atoms. The number of aromatic nitrogens is 4. The van der Waals surface area contributed by atoms with E-state index >= 15 is 0 Å². The van der Waals surface area contributed by atoms with Crippen LogP contribution in [0.2, 0.25) is 0 Å². The van der Waals surface area contributed by atoms with Crippen molar-refractivity contribution in [3.63, 3.8) is 0 Å². The van der Waals surface area contributed by atoms with E-state index in [9.17, 15) is 19.2 Å². The molecule has 0 amide bonds. The minimum absolute atomic E-state index is 0.0444. The first-order chi connectivity index (χ1) is 10.8. The van der Waals surface area contributed by atoms with Crippen LogP contribution in [0.15, 0.2) is 9.59 Å². The summed E-state index contributed by atoms with van der Waals surface area (Å²) in [4.78, 5) is 52.2. The second kappa shape index (κ2) is 5.71. The van der Waals surface area contributed by atoms with Gasteiger partial charge >= 0.3 is 17.6 Å². The Balaban J connectivity index is 2.89. The number of methoxy groups -OCH3 is 2. The third kappa shape index (κ3) is 2.31. The molecule has 0 saturated heterocycles. The number of hydrogen-bond donors (Lipinski definition) is 0. The summed E-state index contributed by atoms with van der Waals surface area (Å²) in [6.45, 7) is 0. The second-order valence-corrected chi connectivity index (χ2v) is 4.89. The van der Waals surface area contributed by atoms with Gasteiger partial charge in [-0.3, -0.25) is 23.5 Å². The van der Waals surface area contributed by atoms with Crippen LogP contribution in [0.3, 0.4) is 0 Å². The summed E-state index contributed by atoms with van der Waals surface area (Å²) < 4.78 is 12.6. The molecule has 0 saturated carbocycles. The first-order valence-electron chi connectivity index (χ1n) is 6.54. The van der Waals surface area contributed by atoms with Crippen LogP contribution in [0.5, 0.6) is 0 Å². The highest BCUT2D eigenvalue weighted by Gasteiger charge is 2.36. The van der Waals surface area contributed by atoms with Crippen LogP contribution in [0.25, 0.3) is 11.2 Å². The normalized spacial score (nSPS) is 11.0. The summed E-state index contributed by atoms with van der Waals surface area (Å²) in [5, 5.41) is 0. The first-order valence-corrected chi connectivity index (χ1v) is 6.54. The number of carbonyl (C=O) groups is 2. The maximum Gasteiger partial charge on any atom is 0.332 e. The standard InChI is InChI=1S/C13H16N4O6/c1-15-7-9(16(2)13(21)17(3)10(7)18)14-8(15)6(11(19)22-4)12(20)23-5/h6H,1-5H3. The van der Waals surface area contributed by atoms with Gasteiger partial charge in [0.15, 0.2) is 11.2 Å². The van der Waals surface area contributed by atoms with E-state index in [2.05, 4.69) is 14.5 Å². The van der Waals surface area contributed by atoms with Crippen molar-refractivity contribution in [1.82, 2.24) is 18.7 Å². The van der Waals surface area contributed by atoms with Gasteiger partial charge in [-0.1, -0.05) is 0 Å². The second-order valence-electron chi connectivity index (χ2n) is 4.89. The van der Waals surface area contributed by atoms with E-state index in [4.69, 9.17) is 0 Å². The summed E-state index contributed by atoms with van der Waals surface area (Å²) in [6, 6.07) is 0. The SMILES string of the molecule is COC(=O)C(C(=O)OC)c1nc2c(c(=O)n(C)c(=O)n2C)n1C. The Morgan fingerprint density at radius 2 is 1.48 bits per heavy atom. The molecule has 0 atom stereocenters. The number of esters is 2. The average molecular weight is 324 g/mol.